The van der Waals surface area contributed by atoms with Gasteiger partial charge >= 0.3 is 0 Å². The van der Waals surface area contributed by atoms with Crippen LogP contribution in [0.15, 0.2) is 24.3 Å². The molecule has 0 bridgehead atoms. The van der Waals surface area contributed by atoms with Crippen LogP contribution in [0.5, 0.6) is 0 Å². The number of nitrogens with one attached hydrogen (secondary N) is 1. The SMILES string of the molecule is Cc1ccccc1C1CC(NCC2CCN(C3CC3)C2)C1. The van der Waals surface area contributed by atoms with Crippen LogP contribution in [0.4, 0.5) is 0 Å². The molecule has 1 unspecified atom stereocenters. The summed E-state index contributed by atoms with van der Waals surface area (Å²) in [7, 11) is 0. The van der Waals surface area contributed by atoms with Crippen molar-refractivity contribution in [2.75, 3.05) is 19.6 Å². The Morgan fingerprint density at radius 3 is 2.71 bits per heavy atom. The summed E-state index contributed by atoms with van der Waals surface area (Å²) in [5, 5.41) is 3.83. The summed E-state index contributed by atoms with van der Waals surface area (Å²) in [5.74, 6) is 1.71. The van der Waals surface area contributed by atoms with E-state index in [-0.39, 0.29) is 0 Å². The van der Waals surface area contributed by atoms with Crippen molar-refractivity contribution in [3.63, 3.8) is 0 Å². The van der Waals surface area contributed by atoms with Crippen LogP contribution in [-0.2, 0) is 0 Å². The molecule has 2 heteroatoms. The fourth-order valence-corrected chi connectivity index (χ4v) is 4.22. The highest BCUT2D eigenvalue weighted by molar-refractivity contribution is 5.31. The summed E-state index contributed by atoms with van der Waals surface area (Å²) < 4.78 is 0. The number of nitrogens with zero attached hydrogens (tertiary/aromatic N) is 1. The fourth-order valence-electron chi connectivity index (χ4n) is 4.22. The van der Waals surface area contributed by atoms with E-state index >= 15 is 0 Å². The number of benzene rings is 1. The minimum atomic E-state index is 0.768. The zero-order chi connectivity index (χ0) is 14.2. The number of aryl methyl sites for hydroxylation is 1. The van der Waals surface area contributed by atoms with Crippen molar-refractivity contribution in [3.05, 3.63) is 35.4 Å². The van der Waals surface area contributed by atoms with Crippen molar-refractivity contribution in [1.29, 1.82) is 0 Å². The molecule has 1 aromatic rings. The van der Waals surface area contributed by atoms with Crippen LogP contribution in [0, 0.1) is 12.8 Å². The zero-order valence-corrected chi connectivity index (χ0v) is 13.2. The van der Waals surface area contributed by atoms with E-state index in [1.807, 2.05) is 0 Å². The lowest BCUT2D eigenvalue weighted by Gasteiger charge is -2.37. The monoisotopic (exact) mass is 284 g/mol. The van der Waals surface area contributed by atoms with Gasteiger partial charge in [0.2, 0.25) is 0 Å². The Kier molecular flexibility index (Phi) is 3.76. The van der Waals surface area contributed by atoms with E-state index in [0.29, 0.717) is 0 Å². The molecule has 1 atom stereocenters. The van der Waals surface area contributed by atoms with Crippen LogP contribution in [0.2, 0.25) is 0 Å². The Hall–Kier alpha value is -0.860. The van der Waals surface area contributed by atoms with Crippen molar-refractivity contribution >= 4 is 0 Å². The molecule has 21 heavy (non-hydrogen) atoms. The Bertz CT molecular complexity index is 488. The minimum absolute atomic E-state index is 0.768. The smallest absolute Gasteiger partial charge is 0.00965 e. The maximum atomic E-state index is 3.83. The van der Waals surface area contributed by atoms with Crippen molar-refractivity contribution in [2.45, 2.75) is 57.0 Å². The summed E-state index contributed by atoms with van der Waals surface area (Å²) in [6.45, 7) is 6.20. The largest absolute Gasteiger partial charge is 0.314 e. The van der Waals surface area contributed by atoms with Gasteiger partial charge in [0.15, 0.2) is 0 Å². The molecule has 2 nitrogen and oxygen atoms in total. The Morgan fingerprint density at radius 1 is 1.14 bits per heavy atom. The number of hydrogen-bond acceptors (Lipinski definition) is 2. The number of likely N-dealkylation sites (tertiary alicyclic amines) is 1. The molecule has 1 aromatic carbocycles. The molecule has 0 spiro atoms. The molecule has 114 valence electrons. The Morgan fingerprint density at radius 2 is 1.95 bits per heavy atom. The van der Waals surface area contributed by atoms with Gasteiger partial charge in [-0.1, -0.05) is 24.3 Å². The third-order valence-electron chi connectivity index (χ3n) is 5.84. The van der Waals surface area contributed by atoms with Crippen molar-refractivity contribution < 1.29 is 0 Å². The highest BCUT2D eigenvalue weighted by Crippen LogP contribution is 2.38. The molecule has 0 aromatic heterocycles. The van der Waals surface area contributed by atoms with Gasteiger partial charge in [-0.05, 0) is 75.1 Å². The average molecular weight is 284 g/mol. The molecule has 0 amide bonds. The van der Waals surface area contributed by atoms with E-state index in [9.17, 15) is 0 Å². The third-order valence-corrected chi connectivity index (χ3v) is 5.84. The Balaban J connectivity index is 1.20. The van der Waals surface area contributed by atoms with Crippen LogP contribution < -0.4 is 5.32 Å². The van der Waals surface area contributed by atoms with E-state index in [4.69, 9.17) is 0 Å². The van der Waals surface area contributed by atoms with Gasteiger partial charge in [0.1, 0.15) is 0 Å². The van der Waals surface area contributed by atoms with Gasteiger partial charge in [-0.2, -0.15) is 0 Å². The van der Waals surface area contributed by atoms with Crippen molar-refractivity contribution in [3.8, 4) is 0 Å². The molecule has 3 aliphatic rings. The standard InChI is InChI=1S/C19H28N2/c1-14-4-2-3-5-19(14)16-10-17(11-16)20-12-15-8-9-21(13-15)18-6-7-18/h2-5,15-18,20H,6-13H2,1H3. The lowest BCUT2D eigenvalue weighted by molar-refractivity contribution is 0.267. The lowest BCUT2D eigenvalue weighted by atomic mass is 9.74. The molecule has 3 fully saturated rings. The van der Waals surface area contributed by atoms with Crippen molar-refractivity contribution in [1.82, 2.24) is 10.2 Å². The molecular formula is C19H28N2. The van der Waals surface area contributed by atoms with E-state index in [0.717, 1.165) is 23.9 Å². The first-order valence-electron chi connectivity index (χ1n) is 8.82. The van der Waals surface area contributed by atoms with Crippen LogP contribution in [0.3, 0.4) is 0 Å². The predicted octanol–water partition coefficient (Wildman–Crippen LogP) is 3.31. The van der Waals surface area contributed by atoms with E-state index in [1.165, 1.54) is 57.3 Å². The molecule has 1 aliphatic heterocycles. The second kappa shape index (κ2) is 5.73. The second-order valence-electron chi connectivity index (χ2n) is 7.51. The van der Waals surface area contributed by atoms with Gasteiger partial charge < -0.3 is 10.2 Å². The van der Waals surface area contributed by atoms with Gasteiger partial charge in [0.05, 0.1) is 0 Å². The number of rotatable bonds is 5. The molecule has 1 N–H and O–H groups in total. The van der Waals surface area contributed by atoms with Crippen molar-refractivity contribution in [2.24, 2.45) is 5.92 Å². The molecule has 1 saturated heterocycles. The van der Waals surface area contributed by atoms with Gasteiger partial charge in [-0.15, -0.1) is 0 Å². The lowest BCUT2D eigenvalue weighted by Crippen LogP contribution is -2.42. The van der Waals surface area contributed by atoms with Gasteiger partial charge in [0, 0.05) is 18.6 Å². The van der Waals surface area contributed by atoms with Gasteiger partial charge in [-0.3, -0.25) is 0 Å². The van der Waals surface area contributed by atoms with E-state index in [2.05, 4.69) is 41.4 Å². The normalized spacial score (nSPS) is 33.1. The first-order valence-corrected chi connectivity index (χ1v) is 8.82. The quantitative estimate of drug-likeness (QED) is 0.892. The van der Waals surface area contributed by atoms with E-state index in [1.54, 1.807) is 5.56 Å². The maximum absolute atomic E-state index is 3.83. The summed E-state index contributed by atoms with van der Waals surface area (Å²) in [6, 6.07) is 10.6. The molecule has 1 heterocycles. The second-order valence-corrected chi connectivity index (χ2v) is 7.51. The molecule has 0 radical (unpaired) electrons. The van der Waals surface area contributed by atoms with Crippen LogP contribution >= 0.6 is 0 Å². The summed E-state index contributed by atoms with van der Waals surface area (Å²) >= 11 is 0. The predicted molar refractivity (Wildman–Crippen MR) is 87.6 cm³/mol. The fraction of sp³-hybridized carbons (Fsp3) is 0.684. The average Bonchev–Trinajstić information content (AvgIpc) is 3.19. The molecule has 2 saturated carbocycles. The summed E-state index contributed by atoms with van der Waals surface area (Å²) in [4.78, 5) is 2.73. The van der Waals surface area contributed by atoms with Crippen LogP contribution in [-0.4, -0.2) is 36.6 Å². The maximum Gasteiger partial charge on any atom is 0.00965 e. The molecular weight excluding hydrogens is 256 g/mol. The first-order chi connectivity index (χ1) is 10.3. The molecule has 4 rings (SSSR count). The highest BCUT2D eigenvalue weighted by atomic mass is 15.2. The zero-order valence-electron chi connectivity index (χ0n) is 13.2. The van der Waals surface area contributed by atoms with Crippen LogP contribution in [0.1, 0.15) is 49.1 Å². The van der Waals surface area contributed by atoms with E-state index < -0.39 is 0 Å². The Labute approximate surface area is 128 Å². The van der Waals surface area contributed by atoms with Gasteiger partial charge in [0.25, 0.3) is 0 Å². The summed E-state index contributed by atoms with van der Waals surface area (Å²) in [5.41, 5.74) is 3.05. The topological polar surface area (TPSA) is 15.3 Å². The number of hydrogen-bond donors (Lipinski definition) is 1. The van der Waals surface area contributed by atoms with Crippen LogP contribution in [0.25, 0.3) is 0 Å². The highest BCUT2D eigenvalue weighted by Gasteiger charge is 2.35. The third kappa shape index (κ3) is 3.02. The summed E-state index contributed by atoms with van der Waals surface area (Å²) in [6.07, 6.45) is 7.01. The first kappa shape index (κ1) is 13.8. The van der Waals surface area contributed by atoms with Gasteiger partial charge in [-0.25, -0.2) is 0 Å². The minimum Gasteiger partial charge on any atom is -0.314 e. The molecule has 2 aliphatic carbocycles.